The zero-order chi connectivity index (χ0) is 13.9. The van der Waals surface area contributed by atoms with Crippen molar-refractivity contribution in [1.29, 1.82) is 0 Å². The number of H-pyrrole nitrogens is 1. The van der Waals surface area contributed by atoms with Crippen molar-refractivity contribution in [2.24, 2.45) is 0 Å². The minimum Gasteiger partial charge on any atom is -0.341 e. The number of carbonyl (C=O) groups excluding carboxylic acids is 1. The maximum Gasteiger partial charge on any atom is 0.230 e. The van der Waals surface area contributed by atoms with Crippen LogP contribution in [-0.2, 0) is 4.79 Å². The number of aromatic amines is 1. The zero-order valence-corrected chi connectivity index (χ0v) is 12.4. The lowest BCUT2D eigenvalue weighted by atomic mass is 9.94. The summed E-state index contributed by atoms with van der Waals surface area (Å²) in [6, 6.07) is 6.07. The van der Waals surface area contributed by atoms with E-state index >= 15 is 0 Å². The molecule has 0 radical (unpaired) electrons. The van der Waals surface area contributed by atoms with Gasteiger partial charge in [-0.25, -0.2) is 0 Å². The summed E-state index contributed by atoms with van der Waals surface area (Å²) in [6.07, 6.45) is 3.97. The van der Waals surface area contributed by atoms with Gasteiger partial charge in [-0.3, -0.25) is 9.89 Å². The first kappa shape index (κ1) is 13.4. The summed E-state index contributed by atoms with van der Waals surface area (Å²) >= 11 is 1.66. The highest BCUT2D eigenvalue weighted by atomic mass is 32.1. The molecule has 2 aromatic heterocycles. The third kappa shape index (κ3) is 2.63. The Labute approximate surface area is 122 Å². The Balaban J connectivity index is 1.69. The van der Waals surface area contributed by atoms with E-state index in [0.717, 1.165) is 36.5 Å². The number of amides is 1. The monoisotopic (exact) mass is 289 g/mol. The second-order valence-electron chi connectivity index (χ2n) is 5.37. The van der Waals surface area contributed by atoms with Crippen molar-refractivity contribution in [1.82, 2.24) is 15.1 Å². The van der Waals surface area contributed by atoms with Gasteiger partial charge in [-0.1, -0.05) is 6.07 Å². The van der Waals surface area contributed by atoms with Crippen LogP contribution in [0.1, 0.15) is 42.2 Å². The third-order valence-corrected chi connectivity index (χ3v) is 5.09. The number of nitrogens with zero attached hydrogens (tertiary/aromatic N) is 2. The molecule has 2 atom stereocenters. The smallest absolute Gasteiger partial charge is 0.230 e. The van der Waals surface area contributed by atoms with Crippen LogP contribution in [0.3, 0.4) is 0 Å². The van der Waals surface area contributed by atoms with Crippen LogP contribution in [0.5, 0.6) is 0 Å². The van der Waals surface area contributed by atoms with Crippen molar-refractivity contribution in [2.45, 2.75) is 31.6 Å². The molecule has 1 saturated heterocycles. The number of hydrogen-bond donors (Lipinski definition) is 1. The molecule has 1 amide bonds. The van der Waals surface area contributed by atoms with Crippen LogP contribution >= 0.6 is 11.3 Å². The van der Waals surface area contributed by atoms with Gasteiger partial charge in [0.25, 0.3) is 0 Å². The predicted molar refractivity (Wildman–Crippen MR) is 79.9 cm³/mol. The van der Waals surface area contributed by atoms with E-state index in [1.165, 1.54) is 0 Å². The molecule has 0 spiro atoms. The highest BCUT2D eigenvalue weighted by molar-refractivity contribution is 7.10. The zero-order valence-electron chi connectivity index (χ0n) is 11.6. The summed E-state index contributed by atoms with van der Waals surface area (Å²) < 4.78 is 0. The third-order valence-electron chi connectivity index (χ3n) is 4.04. The minimum atomic E-state index is -0.0319. The van der Waals surface area contributed by atoms with Crippen LogP contribution in [0.25, 0.3) is 0 Å². The predicted octanol–water partition coefficient (Wildman–Crippen LogP) is 2.98. The van der Waals surface area contributed by atoms with Gasteiger partial charge in [0.15, 0.2) is 0 Å². The summed E-state index contributed by atoms with van der Waals surface area (Å²) in [7, 11) is 0. The van der Waals surface area contributed by atoms with Crippen LogP contribution in [-0.4, -0.2) is 34.1 Å². The van der Waals surface area contributed by atoms with Gasteiger partial charge in [-0.15, -0.1) is 11.3 Å². The van der Waals surface area contributed by atoms with Crippen LogP contribution in [0.2, 0.25) is 0 Å². The van der Waals surface area contributed by atoms with Crippen molar-refractivity contribution in [3.05, 3.63) is 40.3 Å². The molecule has 1 aliphatic rings. The van der Waals surface area contributed by atoms with Gasteiger partial charge in [0, 0.05) is 35.8 Å². The van der Waals surface area contributed by atoms with Crippen molar-refractivity contribution in [3.63, 3.8) is 0 Å². The lowest BCUT2D eigenvalue weighted by Gasteiger charge is -2.33. The highest BCUT2D eigenvalue weighted by Crippen LogP contribution is 2.29. The number of carbonyl (C=O) groups is 1. The Hall–Kier alpha value is -1.62. The number of likely N-dealkylation sites (tertiary alicyclic amines) is 1. The first-order chi connectivity index (χ1) is 9.75. The second-order valence-corrected chi connectivity index (χ2v) is 6.35. The Morgan fingerprint density at radius 1 is 1.55 bits per heavy atom. The van der Waals surface area contributed by atoms with Gasteiger partial charge >= 0.3 is 0 Å². The molecule has 0 bridgehead atoms. The summed E-state index contributed by atoms with van der Waals surface area (Å²) in [6.45, 7) is 3.68. The fourth-order valence-corrected chi connectivity index (χ4v) is 3.63. The number of nitrogens with one attached hydrogen (secondary N) is 1. The molecule has 0 aromatic carbocycles. The van der Waals surface area contributed by atoms with Gasteiger partial charge in [0.05, 0.1) is 5.92 Å². The summed E-state index contributed by atoms with van der Waals surface area (Å²) in [5.74, 6) is 0.609. The number of aromatic nitrogens is 2. The number of piperidine rings is 1. The molecular weight excluding hydrogens is 270 g/mol. The van der Waals surface area contributed by atoms with E-state index in [2.05, 4.69) is 10.2 Å². The van der Waals surface area contributed by atoms with Gasteiger partial charge in [-0.2, -0.15) is 5.10 Å². The molecule has 3 heterocycles. The lowest BCUT2D eigenvalue weighted by Crippen LogP contribution is -2.41. The average Bonchev–Trinajstić information content (AvgIpc) is 3.18. The fraction of sp³-hybridized carbons (Fsp3) is 0.467. The fourth-order valence-electron chi connectivity index (χ4n) is 2.86. The molecule has 106 valence electrons. The van der Waals surface area contributed by atoms with E-state index in [-0.39, 0.29) is 11.8 Å². The van der Waals surface area contributed by atoms with Crippen molar-refractivity contribution in [3.8, 4) is 0 Å². The Bertz CT molecular complexity index is 550. The molecule has 0 aliphatic carbocycles. The maximum absolute atomic E-state index is 12.6. The Morgan fingerprint density at radius 2 is 2.45 bits per heavy atom. The van der Waals surface area contributed by atoms with E-state index in [9.17, 15) is 4.79 Å². The van der Waals surface area contributed by atoms with Crippen molar-refractivity contribution >= 4 is 17.2 Å². The van der Waals surface area contributed by atoms with E-state index in [0.29, 0.717) is 5.92 Å². The molecule has 5 heteroatoms. The molecule has 3 rings (SSSR count). The number of rotatable bonds is 3. The molecule has 20 heavy (non-hydrogen) atoms. The molecule has 2 aromatic rings. The second kappa shape index (κ2) is 5.79. The lowest BCUT2D eigenvalue weighted by molar-refractivity contribution is -0.133. The molecule has 0 saturated carbocycles. The van der Waals surface area contributed by atoms with Gasteiger partial charge in [0.1, 0.15) is 0 Å². The van der Waals surface area contributed by atoms with E-state index < -0.39 is 0 Å². The summed E-state index contributed by atoms with van der Waals surface area (Å²) in [5.41, 5.74) is 1.14. The van der Waals surface area contributed by atoms with Gasteiger partial charge in [-0.05, 0) is 37.3 Å². The van der Waals surface area contributed by atoms with Crippen LogP contribution in [0, 0.1) is 0 Å². The Kier molecular flexibility index (Phi) is 3.87. The standard InChI is InChI=1S/C15H19N3OS/c1-11(14-5-3-9-20-14)15(19)18-8-2-4-12(10-18)13-6-7-16-17-13/h3,5-7,9,11-12H,2,4,8,10H2,1H3,(H,16,17)/t11-,12+/m0/s1. The normalized spacial score (nSPS) is 20.9. The van der Waals surface area contributed by atoms with Crippen LogP contribution in [0.15, 0.2) is 29.8 Å². The first-order valence-corrected chi connectivity index (χ1v) is 7.95. The van der Waals surface area contributed by atoms with E-state index in [1.54, 1.807) is 17.5 Å². The molecule has 1 N–H and O–H groups in total. The number of hydrogen-bond acceptors (Lipinski definition) is 3. The van der Waals surface area contributed by atoms with Crippen molar-refractivity contribution in [2.75, 3.05) is 13.1 Å². The number of thiophene rings is 1. The molecule has 1 aliphatic heterocycles. The SMILES string of the molecule is C[C@H](C(=O)N1CCC[C@@H](c2ccn[nH]2)C1)c1cccs1. The van der Waals surface area contributed by atoms with E-state index in [4.69, 9.17) is 0 Å². The topological polar surface area (TPSA) is 49.0 Å². The highest BCUT2D eigenvalue weighted by Gasteiger charge is 2.29. The maximum atomic E-state index is 12.6. The van der Waals surface area contributed by atoms with Crippen molar-refractivity contribution < 1.29 is 4.79 Å². The van der Waals surface area contributed by atoms with E-state index in [1.807, 2.05) is 35.4 Å². The molecular formula is C15H19N3OS. The summed E-state index contributed by atoms with van der Waals surface area (Å²) in [5, 5.41) is 9.08. The van der Waals surface area contributed by atoms with Gasteiger partial charge in [0.2, 0.25) is 5.91 Å². The largest absolute Gasteiger partial charge is 0.341 e. The first-order valence-electron chi connectivity index (χ1n) is 7.07. The van der Waals surface area contributed by atoms with Crippen LogP contribution in [0.4, 0.5) is 0 Å². The Morgan fingerprint density at radius 3 is 3.15 bits per heavy atom. The summed E-state index contributed by atoms with van der Waals surface area (Å²) in [4.78, 5) is 15.8. The molecule has 1 fully saturated rings. The quantitative estimate of drug-likeness (QED) is 0.944. The average molecular weight is 289 g/mol. The molecule has 0 unspecified atom stereocenters. The molecule has 4 nitrogen and oxygen atoms in total. The van der Waals surface area contributed by atoms with Gasteiger partial charge < -0.3 is 4.90 Å². The van der Waals surface area contributed by atoms with Crippen LogP contribution < -0.4 is 0 Å². The minimum absolute atomic E-state index is 0.0319.